The van der Waals surface area contributed by atoms with E-state index in [9.17, 15) is 5.11 Å². The van der Waals surface area contributed by atoms with Crippen molar-refractivity contribution in [2.24, 2.45) is 11.8 Å². The maximum absolute atomic E-state index is 11.9. The molecule has 1 N–H and O–H groups in total. The van der Waals surface area contributed by atoms with E-state index in [-0.39, 0.29) is 6.04 Å². The fraction of sp³-hybridized carbons (Fsp3) is 0.370. The summed E-state index contributed by atoms with van der Waals surface area (Å²) < 4.78 is 8.49. The number of methoxy groups -OCH3 is 1. The Bertz CT molecular complexity index is 1180. The molecule has 3 aliphatic rings. The highest BCUT2D eigenvalue weighted by atomic mass is 79.9. The molecule has 3 aliphatic heterocycles. The van der Waals surface area contributed by atoms with Crippen molar-refractivity contribution in [3.05, 3.63) is 81.4 Å². The van der Waals surface area contributed by atoms with Crippen molar-refractivity contribution < 1.29 is 14.3 Å². The first-order chi connectivity index (χ1) is 15.9. The predicted molar refractivity (Wildman–Crippen MR) is 139 cm³/mol. The van der Waals surface area contributed by atoms with Gasteiger partial charge < -0.3 is 14.3 Å². The molecule has 4 heterocycles. The molecule has 0 aliphatic carbocycles. The molecule has 1 aromatic heterocycles. The number of piperidine rings is 3. The molecule has 3 aromatic rings. The first-order valence-corrected chi connectivity index (χ1v) is 13.0. The molecule has 3 saturated heterocycles. The first-order valence-electron chi connectivity index (χ1n) is 11.5. The third-order valence-corrected chi connectivity index (χ3v) is 8.68. The quantitative estimate of drug-likeness (QED) is 0.274. The summed E-state index contributed by atoms with van der Waals surface area (Å²) >= 11 is 7.31. The lowest BCUT2D eigenvalue weighted by molar-refractivity contribution is -0.984. The molecule has 4 nitrogen and oxygen atoms in total. The minimum atomic E-state index is -0.577. The molecule has 6 heteroatoms. The standard InChI is InChI=1S/C27H29Br2N2O2/c1-3-18-16-31(15-17-10-20(28)13-21(29)11-17)9-7-19(18)12-26(31)27(32)23-6-8-30-25-5-4-22(33-2)14-24(23)25/h3-6,8,10-11,13-14,18-19,26-27,32H,1,7,9,12,15-16H2,2H3/q+1/t18-,19-,26+,27-,31?/m0/s1. The highest BCUT2D eigenvalue weighted by molar-refractivity contribution is 9.11. The normalized spacial score (nSPS) is 27.5. The van der Waals surface area contributed by atoms with Gasteiger partial charge >= 0.3 is 0 Å². The van der Waals surface area contributed by atoms with Gasteiger partial charge in [0.1, 0.15) is 24.4 Å². The van der Waals surface area contributed by atoms with Gasteiger partial charge in [0.25, 0.3) is 0 Å². The third-order valence-electron chi connectivity index (χ3n) is 7.76. The van der Waals surface area contributed by atoms with E-state index >= 15 is 0 Å². The number of pyridine rings is 1. The van der Waals surface area contributed by atoms with Crippen LogP contribution in [0.5, 0.6) is 5.75 Å². The van der Waals surface area contributed by atoms with E-state index in [4.69, 9.17) is 4.74 Å². The zero-order chi connectivity index (χ0) is 23.2. The monoisotopic (exact) mass is 571 g/mol. The molecule has 2 bridgehead atoms. The Kier molecular flexibility index (Phi) is 6.38. The van der Waals surface area contributed by atoms with Gasteiger partial charge in [0.15, 0.2) is 0 Å². The summed E-state index contributed by atoms with van der Waals surface area (Å²) in [5, 5.41) is 12.9. The second-order valence-electron chi connectivity index (χ2n) is 9.54. The number of aliphatic hydroxyl groups excluding tert-OH is 1. The highest BCUT2D eigenvalue weighted by Gasteiger charge is 2.54. The van der Waals surface area contributed by atoms with Crippen molar-refractivity contribution in [2.75, 3.05) is 20.2 Å². The molecule has 0 amide bonds. The van der Waals surface area contributed by atoms with E-state index in [1.54, 1.807) is 7.11 Å². The number of nitrogens with zero attached hydrogens (tertiary/aromatic N) is 2. The average Bonchev–Trinajstić information content (AvgIpc) is 2.82. The van der Waals surface area contributed by atoms with E-state index in [0.29, 0.717) is 11.8 Å². The fourth-order valence-electron chi connectivity index (χ4n) is 6.19. The van der Waals surface area contributed by atoms with Crippen LogP contribution in [0.15, 0.2) is 70.3 Å². The zero-order valence-electron chi connectivity index (χ0n) is 18.8. The molecule has 1 unspecified atom stereocenters. The van der Waals surface area contributed by atoms with E-state index < -0.39 is 6.10 Å². The second-order valence-corrected chi connectivity index (χ2v) is 11.4. The van der Waals surface area contributed by atoms with Crippen molar-refractivity contribution in [3.8, 4) is 5.75 Å². The van der Waals surface area contributed by atoms with Gasteiger partial charge in [-0.3, -0.25) is 4.98 Å². The number of aromatic nitrogens is 1. The molecule has 6 rings (SSSR count). The van der Waals surface area contributed by atoms with Gasteiger partial charge in [-0.05, 0) is 53.9 Å². The SMILES string of the molecule is C=C[C@H]1C[N+]2(Cc3cc(Br)cc(Br)c3)CC[C@H]1C[C@@H]2[C@@H](O)c1ccnc2ccc(OC)cc12. The first kappa shape index (κ1) is 23.0. The molecule has 0 spiro atoms. The number of rotatable bonds is 6. The Labute approximate surface area is 212 Å². The van der Waals surface area contributed by atoms with Gasteiger partial charge in [-0.2, -0.15) is 0 Å². The van der Waals surface area contributed by atoms with Crippen LogP contribution >= 0.6 is 31.9 Å². The van der Waals surface area contributed by atoms with Crippen LogP contribution in [0.2, 0.25) is 0 Å². The number of quaternary nitrogens is 1. The van der Waals surface area contributed by atoms with Gasteiger partial charge in [-0.25, -0.2) is 0 Å². The van der Waals surface area contributed by atoms with Crippen LogP contribution in [0.3, 0.4) is 0 Å². The maximum atomic E-state index is 11.9. The lowest BCUT2D eigenvalue weighted by Gasteiger charge is -2.58. The Balaban J connectivity index is 1.57. The van der Waals surface area contributed by atoms with Gasteiger partial charge in [-0.1, -0.05) is 37.9 Å². The molecule has 2 aromatic carbocycles. The summed E-state index contributed by atoms with van der Waals surface area (Å²) in [7, 11) is 1.67. The zero-order valence-corrected chi connectivity index (χ0v) is 21.9. The average molecular weight is 573 g/mol. The topological polar surface area (TPSA) is 42.4 Å². The highest BCUT2D eigenvalue weighted by Crippen LogP contribution is 2.48. The number of halogens is 2. The molecular weight excluding hydrogens is 544 g/mol. The lowest BCUT2D eigenvalue weighted by Crippen LogP contribution is -2.67. The van der Waals surface area contributed by atoms with Crippen LogP contribution in [0.1, 0.15) is 30.1 Å². The molecular formula is C27H29Br2N2O2+. The molecule has 0 saturated carbocycles. The van der Waals surface area contributed by atoms with Crippen LogP contribution < -0.4 is 4.74 Å². The molecule has 33 heavy (non-hydrogen) atoms. The third kappa shape index (κ3) is 4.27. The summed E-state index contributed by atoms with van der Waals surface area (Å²) in [6.45, 7) is 7.14. The summed E-state index contributed by atoms with van der Waals surface area (Å²) in [6.07, 6.45) is 5.56. The summed E-state index contributed by atoms with van der Waals surface area (Å²) in [6, 6.07) is 14.5. The summed E-state index contributed by atoms with van der Waals surface area (Å²) in [4.78, 5) is 4.53. The second kappa shape index (κ2) is 9.14. The lowest BCUT2D eigenvalue weighted by atomic mass is 9.71. The van der Waals surface area contributed by atoms with Gasteiger partial charge in [0.05, 0.1) is 25.7 Å². The maximum Gasteiger partial charge on any atom is 0.131 e. The number of fused-ring (bicyclic) bond motifs is 4. The van der Waals surface area contributed by atoms with Gasteiger partial charge in [-0.15, -0.1) is 6.58 Å². The number of hydrogen-bond acceptors (Lipinski definition) is 3. The van der Waals surface area contributed by atoms with Gasteiger partial charge in [0.2, 0.25) is 0 Å². The van der Waals surface area contributed by atoms with Crippen molar-refractivity contribution in [2.45, 2.75) is 31.5 Å². The smallest absolute Gasteiger partial charge is 0.131 e. The Morgan fingerprint density at radius 2 is 2.00 bits per heavy atom. The van der Waals surface area contributed by atoms with Crippen LogP contribution in [0.4, 0.5) is 0 Å². The molecule has 172 valence electrons. The largest absolute Gasteiger partial charge is 0.497 e. The van der Waals surface area contributed by atoms with E-state index in [1.165, 1.54) is 12.0 Å². The minimum absolute atomic E-state index is 0.120. The number of hydrogen-bond donors (Lipinski definition) is 1. The van der Waals surface area contributed by atoms with Crippen LogP contribution in [0, 0.1) is 11.8 Å². The van der Waals surface area contributed by atoms with E-state index in [1.807, 2.05) is 30.5 Å². The molecule has 5 atom stereocenters. The van der Waals surface area contributed by atoms with E-state index in [2.05, 4.69) is 67.7 Å². The van der Waals surface area contributed by atoms with Gasteiger partial charge in [0, 0.05) is 44.9 Å². The van der Waals surface area contributed by atoms with Crippen molar-refractivity contribution in [1.82, 2.24) is 4.98 Å². The van der Waals surface area contributed by atoms with Crippen molar-refractivity contribution in [3.63, 3.8) is 0 Å². The van der Waals surface area contributed by atoms with Crippen LogP contribution in [-0.4, -0.2) is 40.8 Å². The summed E-state index contributed by atoms with van der Waals surface area (Å²) in [5.41, 5.74) is 3.10. The number of benzene rings is 2. The predicted octanol–water partition coefficient (Wildman–Crippen LogP) is 6.41. The van der Waals surface area contributed by atoms with Crippen molar-refractivity contribution >= 4 is 42.8 Å². The van der Waals surface area contributed by atoms with Crippen LogP contribution in [0.25, 0.3) is 10.9 Å². The van der Waals surface area contributed by atoms with Crippen LogP contribution in [-0.2, 0) is 6.54 Å². The fourth-order valence-corrected chi connectivity index (χ4v) is 7.57. The number of aliphatic hydroxyl groups is 1. The summed E-state index contributed by atoms with van der Waals surface area (Å²) in [5.74, 6) is 1.86. The van der Waals surface area contributed by atoms with E-state index in [0.717, 1.165) is 61.7 Å². The molecule has 3 fully saturated rings. The Morgan fingerprint density at radius 1 is 1.21 bits per heavy atom. The number of ether oxygens (including phenoxy) is 1. The Morgan fingerprint density at radius 3 is 2.73 bits per heavy atom. The minimum Gasteiger partial charge on any atom is -0.497 e. The van der Waals surface area contributed by atoms with Crippen molar-refractivity contribution in [1.29, 1.82) is 0 Å². The molecule has 0 radical (unpaired) electrons. The Hall–Kier alpha value is -1.73.